The van der Waals surface area contributed by atoms with E-state index >= 15 is 0 Å². The van der Waals surface area contributed by atoms with Gasteiger partial charge >= 0.3 is 214 Å². The van der Waals surface area contributed by atoms with Gasteiger partial charge in [-0.05, 0) is 0 Å². The fourth-order valence-electron chi connectivity index (χ4n) is 5.21. The molecule has 0 aliphatic heterocycles. The van der Waals surface area contributed by atoms with Gasteiger partial charge < -0.3 is 5.11 Å². The van der Waals surface area contributed by atoms with Crippen LogP contribution in [0.5, 0.6) is 5.75 Å². The quantitative estimate of drug-likeness (QED) is 0.123. The minimum atomic E-state index is -3.93. The second kappa shape index (κ2) is 16.1. The van der Waals surface area contributed by atoms with Gasteiger partial charge in [0.05, 0.1) is 13.2 Å². The van der Waals surface area contributed by atoms with E-state index in [1.807, 2.05) is 24.3 Å². The fraction of sp³-hybridized carbons (Fsp3) is 0.667. The average molecular weight is 571 g/mol. The predicted molar refractivity (Wildman–Crippen MR) is 162 cm³/mol. The van der Waals surface area contributed by atoms with E-state index in [2.05, 4.69) is 27.7 Å². The minimum absolute atomic E-state index is 0.0107. The molecule has 2 aromatic carbocycles. The molecule has 0 saturated heterocycles. The molecule has 0 heterocycles. The van der Waals surface area contributed by atoms with Crippen LogP contribution in [0.1, 0.15) is 79.1 Å². The molecule has 38 heavy (non-hydrogen) atoms. The molecule has 0 aliphatic carbocycles. The molecular weight excluding hydrogens is 519 g/mol. The molecule has 8 heteroatoms. The number of hydrogen-bond acceptors (Lipinski definition) is 6. The number of unbranched alkanes of at least 4 members (excludes halogenated alkanes) is 4. The summed E-state index contributed by atoms with van der Waals surface area (Å²) in [5, 5.41) is 10.5. The zero-order valence-electron chi connectivity index (χ0n) is 24.1. The van der Waals surface area contributed by atoms with Gasteiger partial charge in [-0.1, -0.05) is 0 Å². The summed E-state index contributed by atoms with van der Waals surface area (Å²) in [6.45, 7) is 6.80. The van der Waals surface area contributed by atoms with Crippen molar-refractivity contribution in [2.24, 2.45) is 0 Å². The van der Waals surface area contributed by atoms with Gasteiger partial charge in [0.1, 0.15) is 0 Å². The van der Waals surface area contributed by atoms with Crippen molar-refractivity contribution in [2.45, 2.75) is 84.0 Å². The molecular formula is C30H51O6PS. The van der Waals surface area contributed by atoms with E-state index < -0.39 is 16.9 Å². The van der Waals surface area contributed by atoms with E-state index in [1.165, 1.54) is 0 Å². The molecule has 0 saturated carbocycles. The van der Waals surface area contributed by atoms with Crippen LogP contribution in [0.3, 0.4) is 0 Å². The van der Waals surface area contributed by atoms with Crippen LogP contribution >= 0.6 is 6.83 Å². The van der Waals surface area contributed by atoms with Crippen molar-refractivity contribution in [2.75, 3.05) is 51.1 Å². The van der Waals surface area contributed by atoms with Crippen molar-refractivity contribution in [3.05, 3.63) is 36.4 Å². The molecule has 0 bridgehead atoms. The summed E-state index contributed by atoms with van der Waals surface area (Å²) in [6, 6.07) is 10.9. The molecule has 6 nitrogen and oxygen atoms in total. The Kier molecular flexibility index (Phi) is 14.0. The van der Waals surface area contributed by atoms with E-state index in [0.29, 0.717) is 25.6 Å². The van der Waals surface area contributed by atoms with Crippen LogP contribution in [0.4, 0.5) is 0 Å². The molecule has 218 valence electrons. The van der Waals surface area contributed by atoms with Gasteiger partial charge in [-0.25, -0.2) is 0 Å². The Hall–Kier alpha value is -1.24. The first-order valence-electron chi connectivity index (χ1n) is 14.6. The Morgan fingerprint density at radius 1 is 0.711 bits per heavy atom. The number of fused-ring (bicyclic) bond motifs is 1. The summed E-state index contributed by atoms with van der Waals surface area (Å²) in [5.41, 5.74) is 0. The van der Waals surface area contributed by atoms with Crippen LogP contribution in [0.15, 0.2) is 41.3 Å². The summed E-state index contributed by atoms with van der Waals surface area (Å²) in [5.74, 6) is 0.695. The van der Waals surface area contributed by atoms with Crippen molar-refractivity contribution in [3.63, 3.8) is 0 Å². The Balaban J connectivity index is 2.40. The Morgan fingerprint density at radius 3 is 1.76 bits per heavy atom. The molecule has 0 atom stereocenters. The SMILES string of the molecule is CCCCP(CCCC)(CCCC)(CCCC)OS(=O)(=O)c1ccc2cc(OCCOCCO)ccc2c1. The van der Waals surface area contributed by atoms with Gasteiger partial charge in [0.15, 0.2) is 0 Å². The fourth-order valence-corrected chi connectivity index (χ4v) is 15.3. The molecule has 2 rings (SSSR count). The second-order valence-electron chi connectivity index (χ2n) is 10.6. The van der Waals surface area contributed by atoms with E-state index in [1.54, 1.807) is 12.1 Å². The first kappa shape index (κ1) is 33.0. The van der Waals surface area contributed by atoms with Crippen molar-refractivity contribution < 1.29 is 27.0 Å². The Morgan fingerprint density at radius 2 is 1.24 bits per heavy atom. The van der Waals surface area contributed by atoms with Crippen LogP contribution in [0.25, 0.3) is 10.8 Å². The zero-order valence-corrected chi connectivity index (χ0v) is 25.8. The van der Waals surface area contributed by atoms with Crippen molar-refractivity contribution >= 4 is 27.7 Å². The molecule has 0 aromatic heterocycles. The zero-order chi connectivity index (χ0) is 27.9. The number of benzene rings is 2. The van der Waals surface area contributed by atoms with E-state index in [-0.39, 0.29) is 11.5 Å². The Labute approximate surface area is 231 Å². The van der Waals surface area contributed by atoms with Crippen LogP contribution in [-0.4, -0.2) is 64.6 Å². The molecule has 0 fully saturated rings. The molecule has 0 unspecified atom stereocenters. The van der Waals surface area contributed by atoms with Gasteiger partial charge in [0, 0.05) is 0 Å². The third-order valence-electron chi connectivity index (χ3n) is 7.42. The van der Waals surface area contributed by atoms with Gasteiger partial charge in [-0.2, -0.15) is 0 Å². The topological polar surface area (TPSA) is 82.1 Å². The summed E-state index contributed by atoms with van der Waals surface area (Å²) in [6.07, 6.45) is 11.8. The summed E-state index contributed by atoms with van der Waals surface area (Å²) in [4.78, 5) is 0.242. The normalized spacial score (nSPS) is 13.4. The number of rotatable bonds is 21. The van der Waals surface area contributed by atoms with Gasteiger partial charge in [-0.3, -0.25) is 0 Å². The van der Waals surface area contributed by atoms with E-state index in [0.717, 1.165) is 86.8 Å². The van der Waals surface area contributed by atoms with Gasteiger partial charge in [-0.15, -0.1) is 0 Å². The van der Waals surface area contributed by atoms with Crippen LogP contribution in [0.2, 0.25) is 0 Å². The van der Waals surface area contributed by atoms with Crippen LogP contribution in [-0.2, 0) is 18.8 Å². The third kappa shape index (κ3) is 9.45. The standard InChI is InChI=1S/C30H51O6PS/c1-5-9-21-37(22-10-6-2,23-11-7-3,24-12-8-4)36-38(32,33)30-16-14-27-25-29(15-13-28(27)26-30)35-20-19-34-18-17-31/h13-16,25-26,31H,5-12,17-24H2,1-4H3. The van der Waals surface area contributed by atoms with Gasteiger partial charge in [0.25, 0.3) is 0 Å². The number of hydrogen-bond donors (Lipinski definition) is 1. The average Bonchev–Trinajstić information content (AvgIpc) is 2.92. The molecule has 2 aromatic rings. The van der Waals surface area contributed by atoms with Crippen molar-refractivity contribution in [1.82, 2.24) is 0 Å². The second-order valence-corrected chi connectivity index (χ2v) is 18.0. The maximum absolute atomic E-state index is 14.0. The monoisotopic (exact) mass is 570 g/mol. The number of aliphatic hydroxyl groups is 1. The maximum atomic E-state index is 14.0. The van der Waals surface area contributed by atoms with Crippen LogP contribution < -0.4 is 4.74 Å². The Bertz CT molecular complexity index is 1030. The molecule has 0 amide bonds. The van der Waals surface area contributed by atoms with E-state index in [4.69, 9.17) is 18.6 Å². The number of ether oxygens (including phenoxy) is 2. The third-order valence-corrected chi connectivity index (χ3v) is 16.5. The summed E-state index contributed by atoms with van der Waals surface area (Å²) >= 11 is 0. The van der Waals surface area contributed by atoms with E-state index in [9.17, 15) is 8.42 Å². The molecule has 1 N–H and O–H groups in total. The van der Waals surface area contributed by atoms with Gasteiger partial charge in [0.2, 0.25) is 0 Å². The van der Waals surface area contributed by atoms with Crippen LogP contribution in [0, 0.1) is 0 Å². The molecule has 0 aliphatic rings. The number of aliphatic hydroxyl groups excluding tert-OH is 1. The predicted octanol–water partition coefficient (Wildman–Crippen LogP) is 7.60. The summed E-state index contributed by atoms with van der Waals surface area (Å²) in [7, 11) is -3.93. The first-order chi connectivity index (χ1) is 18.3. The molecule has 0 spiro atoms. The van der Waals surface area contributed by atoms with Crippen molar-refractivity contribution in [3.8, 4) is 5.75 Å². The summed E-state index contributed by atoms with van der Waals surface area (Å²) < 4.78 is 45.7. The molecule has 0 radical (unpaired) electrons. The first-order valence-corrected chi connectivity index (χ1v) is 18.9. The van der Waals surface area contributed by atoms with Crippen molar-refractivity contribution in [1.29, 1.82) is 0 Å².